The molecule has 3 rings (SSSR count). The SMILES string of the molecule is COC(=O)CC(=O)c1ccccc1OC(=O)c1cccc(OC(C)C)c1OCc1ccccc1. The molecule has 0 aliphatic rings. The molecule has 7 heteroatoms. The van der Waals surface area contributed by atoms with Crippen LogP contribution in [-0.4, -0.2) is 30.9 Å². The van der Waals surface area contributed by atoms with E-state index in [2.05, 4.69) is 4.74 Å². The summed E-state index contributed by atoms with van der Waals surface area (Å²) in [6.45, 7) is 3.96. The minimum absolute atomic E-state index is 0.0330. The van der Waals surface area contributed by atoms with Crippen molar-refractivity contribution in [2.75, 3.05) is 7.11 Å². The highest BCUT2D eigenvalue weighted by Gasteiger charge is 2.23. The molecule has 0 amide bonds. The first-order valence-electron chi connectivity index (χ1n) is 10.8. The molecule has 0 atom stereocenters. The van der Waals surface area contributed by atoms with E-state index in [0.717, 1.165) is 5.56 Å². The fourth-order valence-corrected chi connectivity index (χ4v) is 3.14. The Morgan fingerprint density at radius 2 is 1.44 bits per heavy atom. The molecule has 34 heavy (non-hydrogen) atoms. The summed E-state index contributed by atoms with van der Waals surface area (Å²) >= 11 is 0. The smallest absolute Gasteiger partial charge is 0.347 e. The highest BCUT2D eigenvalue weighted by molar-refractivity contribution is 6.08. The molecule has 176 valence electrons. The molecule has 0 radical (unpaired) electrons. The number of para-hydroxylation sites is 2. The summed E-state index contributed by atoms with van der Waals surface area (Å²) in [6, 6.07) is 20.7. The lowest BCUT2D eigenvalue weighted by Gasteiger charge is -2.18. The number of Topliss-reactive ketones (excluding diaryl/α,β-unsaturated/α-hetero) is 1. The van der Waals surface area contributed by atoms with Gasteiger partial charge in [0.2, 0.25) is 0 Å². The summed E-state index contributed by atoms with van der Waals surface area (Å²) in [5.74, 6) is -1.26. The average Bonchev–Trinajstić information content (AvgIpc) is 2.83. The molecule has 0 unspecified atom stereocenters. The second-order valence-electron chi connectivity index (χ2n) is 7.64. The van der Waals surface area contributed by atoms with Crippen LogP contribution < -0.4 is 14.2 Å². The lowest BCUT2D eigenvalue weighted by atomic mass is 10.1. The van der Waals surface area contributed by atoms with Crippen LogP contribution in [0.15, 0.2) is 72.8 Å². The molecular formula is C27H26O7. The van der Waals surface area contributed by atoms with Gasteiger partial charge < -0.3 is 18.9 Å². The average molecular weight is 462 g/mol. The van der Waals surface area contributed by atoms with Crippen LogP contribution in [0.25, 0.3) is 0 Å². The van der Waals surface area contributed by atoms with Crippen LogP contribution in [0.2, 0.25) is 0 Å². The van der Waals surface area contributed by atoms with Gasteiger partial charge in [-0.3, -0.25) is 9.59 Å². The van der Waals surface area contributed by atoms with Crippen molar-refractivity contribution in [2.24, 2.45) is 0 Å². The maximum absolute atomic E-state index is 13.2. The van der Waals surface area contributed by atoms with E-state index in [4.69, 9.17) is 14.2 Å². The third-order valence-corrected chi connectivity index (χ3v) is 4.71. The maximum atomic E-state index is 13.2. The molecule has 0 spiro atoms. The van der Waals surface area contributed by atoms with E-state index in [1.165, 1.54) is 19.2 Å². The summed E-state index contributed by atoms with van der Waals surface area (Å²) in [4.78, 5) is 37.2. The number of methoxy groups -OCH3 is 1. The van der Waals surface area contributed by atoms with Gasteiger partial charge in [0.1, 0.15) is 24.3 Å². The van der Waals surface area contributed by atoms with E-state index in [1.807, 2.05) is 44.2 Å². The van der Waals surface area contributed by atoms with Crippen molar-refractivity contribution in [2.45, 2.75) is 33.0 Å². The molecule has 0 aliphatic carbocycles. The molecule has 3 aromatic rings. The van der Waals surface area contributed by atoms with Gasteiger partial charge in [-0.2, -0.15) is 0 Å². The van der Waals surface area contributed by atoms with Crippen LogP contribution in [-0.2, 0) is 16.1 Å². The number of rotatable bonds is 10. The quantitative estimate of drug-likeness (QED) is 0.181. The number of carbonyl (C=O) groups is 3. The first kappa shape index (κ1) is 24.5. The molecule has 3 aromatic carbocycles. The minimum atomic E-state index is -0.726. The van der Waals surface area contributed by atoms with Gasteiger partial charge in [0.25, 0.3) is 0 Å². The fourth-order valence-electron chi connectivity index (χ4n) is 3.14. The summed E-state index contributed by atoms with van der Waals surface area (Å²) in [6.07, 6.45) is -0.615. The molecule has 0 aliphatic heterocycles. The molecule has 0 N–H and O–H groups in total. The number of hydrogen-bond donors (Lipinski definition) is 0. The van der Waals surface area contributed by atoms with Crippen LogP contribution in [0.1, 0.15) is 46.5 Å². The van der Waals surface area contributed by atoms with Crippen LogP contribution >= 0.6 is 0 Å². The van der Waals surface area contributed by atoms with E-state index in [9.17, 15) is 14.4 Å². The van der Waals surface area contributed by atoms with E-state index in [-0.39, 0.29) is 35.3 Å². The van der Waals surface area contributed by atoms with E-state index >= 15 is 0 Å². The Hall–Kier alpha value is -4.13. The van der Waals surface area contributed by atoms with Crippen molar-refractivity contribution in [3.8, 4) is 17.2 Å². The fraction of sp³-hybridized carbons (Fsp3) is 0.222. The first-order valence-corrected chi connectivity index (χ1v) is 10.8. The van der Waals surface area contributed by atoms with Crippen molar-refractivity contribution in [3.05, 3.63) is 89.5 Å². The van der Waals surface area contributed by atoms with Crippen LogP contribution in [0.3, 0.4) is 0 Å². The zero-order valence-corrected chi connectivity index (χ0v) is 19.3. The van der Waals surface area contributed by atoms with E-state index < -0.39 is 24.1 Å². The highest BCUT2D eigenvalue weighted by Crippen LogP contribution is 2.34. The minimum Gasteiger partial charge on any atom is -0.487 e. The lowest BCUT2D eigenvalue weighted by Crippen LogP contribution is -2.16. The third-order valence-electron chi connectivity index (χ3n) is 4.71. The molecular weight excluding hydrogens is 436 g/mol. The topological polar surface area (TPSA) is 88.1 Å². The summed E-state index contributed by atoms with van der Waals surface area (Å²) in [5, 5.41) is 0. The largest absolute Gasteiger partial charge is 0.487 e. The van der Waals surface area contributed by atoms with Gasteiger partial charge in [-0.05, 0) is 43.7 Å². The van der Waals surface area contributed by atoms with Gasteiger partial charge in [0.15, 0.2) is 17.3 Å². The Morgan fingerprint density at radius 1 is 0.794 bits per heavy atom. The van der Waals surface area contributed by atoms with Crippen LogP contribution in [0, 0.1) is 0 Å². The van der Waals surface area contributed by atoms with E-state index in [1.54, 1.807) is 30.3 Å². The molecule has 0 heterocycles. The zero-order chi connectivity index (χ0) is 24.5. The number of ether oxygens (including phenoxy) is 4. The van der Waals surface area contributed by atoms with Crippen LogP contribution in [0.5, 0.6) is 17.2 Å². The van der Waals surface area contributed by atoms with Crippen molar-refractivity contribution in [1.82, 2.24) is 0 Å². The van der Waals surface area contributed by atoms with Gasteiger partial charge in [-0.25, -0.2) is 4.79 Å². The van der Waals surface area contributed by atoms with Crippen LogP contribution in [0.4, 0.5) is 0 Å². The first-order chi connectivity index (χ1) is 16.4. The Morgan fingerprint density at radius 3 is 2.15 bits per heavy atom. The monoisotopic (exact) mass is 462 g/mol. The van der Waals surface area contributed by atoms with Gasteiger partial charge in [-0.1, -0.05) is 48.5 Å². The maximum Gasteiger partial charge on any atom is 0.347 e. The second kappa shape index (κ2) is 11.7. The molecule has 0 bridgehead atoms. The lowest BCUT2D eigenvalue weighted by molar-refractivity contribution is -0.139. The van der Waals surface area contributed by atoms with Crippen molar-refractivity contribution < 1.29 is 33.3 Å². The Labute approximate surface area is 198 Å². The standard InChI is InChI=1S/C27H26O7/c1-18(2)33-24-15-9-13-21(26(24)32-17-19-10-5-4-6-11-19)27(30)34-23-14-8-7-12-20(23)22(28)16-25(29)31-3/h4-15,18H,16-17H2,1-3H3. The number of esters is 2. The molecule has 0 saturated carbocycles. The number of benzene rings is 3. The van der Waals surface area contributed by atoms with Gasteiger partial charge >= 0.3 is 11.9 Å². The normalized spacial score (nSPS) is 10.5. The Balaban J connectivity index is 1.90. The van der Waals surface area contributed by atoms with Gasteiger partial charge in [0.05, 0.1) is 18.8 Å². The van der Waals surface area contributed by atoms with Crippen molar-refractivity contribution in [3.63, 3.8) is 0 Å². The number of ketones is 1. The number of carbonyl (C=O) groups excluding carboxylic acids is 3. The third kappa shape index (κ3) is 6.45. The van der Waals surface area contributed by atoms with Gasteiger partial charge in [-0.15, -0.1) is 0 Å². The summed E-state index contributed by atoms with van der Waals surface area (Å²) in [5.41, 5.74) is 1.16. The Bertz CT molecular complexity index is 1150. The van der Waals surface area contributed by atoms with E-state index in [0.29, 0.717) is 5.75 Å². The number of hydrogen-bond acceptors (Lipinski definition) is 7. The predicted octanol–water partition coefficient (Wildman–Crippen LogP) is 5.02. The molecule has 0 aromatic heterocycles. The van der Waals surface area contributed by atoms with Crippen molar-refractivity contribution >= 4 is 17.7 Å². The van der Waals surface area contributed by atoms with Gasteiger partial charge in [0, 0.05) is 0 Å². The highest BCUT2D eigenvalue weighted by atomic mass is 16.5. The molecule has 7 nitrogen and oxygen atoms in total. The Kier molecular flexibility index (Phi) is 8.40. The summed E-state index contributed by atoms with van der Waals surface area (Å²) < 4.78 is 22.0. The second-order valence-corrected chi connectivity index (χ2v) is 7.64. The zero-order valence-electron chi connectivity index (χ0n) is 19.3. The van der Waals surface area contributed by atoms with Crippen molar-refractivity contribution in [1.29, 1.82) is 0 Å². The molecule has 0 saturated heterocycles. The summed E-state index contributed by atoms with van der Waals surface area (Å²) in [7, 11) is 1.20. The predicted molar refractivity (Wildman–Crippen MR) is 125 cm³/mol. The molecule has 0 fully saturated rings.